The number of aromatic nitrogens is 1. The summed E-state index contributed by atoms with van der Waals surface area (Å²) in [6.45, 7) is 3.23. The van der Waals surface area contributed by atoms with E-state index in [0.29, 0.717) is 40.8 Å². The van der Waals surface area contributed by atoms with Gasteiger partial charge in [0.05, 0.1) is 10.4 Å². The number of benzene rings is 2. The summed E-state index contributed by atoms with van der Waals surface area (Å²) >= 11 is 6.37. The van der Waals surface area contributed by atoms with Crippen LogP contribution in [0, 0.1) is 0 Å². The molecule has 9 heteroatoms. The standard InChI is InChI=1S/C28H24ClN5O3/c1-27(2)26(37)34(24(33-27)19-6-3-4-8-21(19)29)15-22(35)31-18-10-9-16-13-28(14-17(16)12-18)20-7-5-11-30-23(20)32-25(28)36/h3-12H,13-15H2,1-2H3,(H,31,35)(H,30,32,36). The highest BCUT2D eigenvalue weighted by molar-refractivity contribution is 6.35. The number of halogens is 1. The molecule has 0 fully saturated rings. The minimum Gasteiger partial charge on any atom is -0.325 e. The number of nitrogens with one attached hydrogen (secondary N) is 2. The summed E-state index contributed by atoms with van der Waals surface area (Å²) in [6, 6.07) is 16.6. The van der Waals surface area contributed by atoms with Crippen LogP contribution < -0.4 is 10.6 Å². The average molecular weight is 514 g/mol. The second-order valence-corrected chi connectivity index (χ2v) is 10.6. The zero-order chi connectivity index (χ0) is 25.9. The fraction of sp³-hybridized carbons (Fsp3) is 0.250. The molecule has 1 atom stereocenters. The highest BCUT2D eigenvalue weighted by Gasteiger charge is 2.51. The summed E-state index contributed by atoms with van der Waals surface area (Å²) in [5.41, 5.74) is 2.50. The lowest BCUT2D eigenvalue weighted by molar-refractivity contribution is -0.132. The maximum absolute atomic E-state index is 13.1. The zero-order valence-electron chi connectivity index (χ0n) is 20.3. The van der Waals surface area contributed by atoms with Crippen molar-refractivity contribution in [2.24, 2.45) is 4.99 Å². The fourth-order valence-corrected chi connectivity index (χ4v) is 5.70. The Morgan fingerprint density at radius 1 is 1.08 bits per heavy atom. The summed E-state index contributed by atoms with van der Waals surface area (Å²) in [7, 11) is 0. The lowest BCUT2D eigenvalue weighted by Gasteiger charge is -2.21. The van der Waals surface area contributed by atoms with Crippen molar-refractivity contribution in [3.8, 4) is 0 Å². The number of rotatable bonds is 4. The van der Waals surface area contributed by atoms with Crippen LogP contribution in [0.15, 0.2) is 65.8 Å². The summed E-state index contributed by atoms with van der Waals surface area (Å²) in [5.74, 6) is 0.318. The summed E-state index contributed by atoms with van der Waals surface area (Å²) in [4.78, 5) is 49.4. The lowest BCUT2D eigenvalue weighted by atomic mass is 9.79. The molecule has 1 spiro atoms. The first-order chi connectivity index (χ1) is 17.7. The smallest absolute Gasteiger partial charge is 0.256 e. The molecule has 3 amide bonds. The van der Waals surface area contributed by atoms with Gasteiger partial charge in [-0.25, -0.2) is 4.98 Å². The number of carbonyl (C=O) groups excluding carboxylic acids is 3. The molecule has 3 heterocycles. The predicted octanol–water partition coefficient (Wildman–Crippen LogP) is 3.73. The third-order valence-electron chi connectivity index (χ3n) is 7.29. The number of carbonyl (C=O) groups is 3. The molecule has 3 aliphatic rings. The van der Waals surface area contributed by atoms with Crippen LogP contribution in [0.3, 0.4) is 0 Å². The summed E-state index contributed by atoms with van der Waals surface area (Å²) < 4.78 is 0. The molecule has 3 aromatic rings. The molecule has 2 aromatic carbocycles. The van der Waals surface area contributed by atoms with E-state index in [0.717, 1.165) is 16.7 Å². The van der Waals surface area contributed by atoms with E-state index >= 15 is 0 Å². The Bertz CT molecular complexity index is 1530. The Morgan fingerprint density at radius 3 is 2.68 bits per heavy atom. The van der Waals surface area contributed by atoms with E-state index in [4.69, 9.17) is 11.6 Å². The highest BCUT2D eigenvalue weighted by atomic mass is 35.5. The first kappa shape index (κ1) is 23.4. The van der Waals surface area contributed by atoms with E-state index in [9.17, 15) is 14.4 Å². The number of fused-ring (bicyclic) bond motifs is 3. The Hall–Kier alpha value is -4.04. The van der Waals surface area contributed by atoms with Gasteiger partial charge in [-0.3, -0.25) is 24.3 Å². The van der Waals surface area contributed by atoms with Crippen LogP contribution in [0.5, 0.6) is 0 Å². The van der Waals surface area contributed by atoms with Crippen molar-refractivity contribution in [2.75, 3.05) is 17.2 Å². The van der Waals surface area contributed by atoms with Crippen LogP contribution in [-0.4, -0.2) is 45.5 Å². The topological polar surface area (TPSA) is 104 Å². The van der Waals surface area contributed by atoms with Crippen LogP contribution in [0.1, 0.15) is 36.1 Å². The SMILES string of the molecule is CC1(C)N=C(c2ccccc2Cl)N(CC(=O)Nc2ccc3c(c2)CC2(C3)C(=O)Nc3ncccc32)C1=O. The van der Waals surface area contributed by atoms with Crippen LogP contribution in [-0.2, 0) is 32.6 Å². The monoisotopic (exact) mass is 513 g/mol. The van der Waals surface area contributed by atoms with Crippen molar-refractivity contribution < 1.29 is 14.4 Å². The van der Waals surface area contributed by atoms with Gasteiger partial charge in [0.15, 0.2) is 0 Å². The second kappa shape index (κ2) is 8.24. The summed E-state index contributed by atoms with van der Waals surface area (Å²) in [6.07, 6.45) is 2.77. The molecule has 1 aliphatic carbocycles. The average Bonchev–Trinajstić information content (AvgIpc) is 3.45. The molecule has 0 radical (unpaired) electrons. The fourth-order valence-electron chi connectivity index (χ4n) is 5.48. The molecule has 37 heavy (non-hydrogen) atoms. The molecular formula is C28H24ClN5O3. The van der Waals surface area contributed by atoms with Gasteiger partial charge in [0.25, 0.3) is 5.91 Å². The molecule has 1 aromatic heterocycles. The van der Waals surface area contributed by atoms with E-state index in [1.54, 1.807) is 38.2 Å². The lowest BCUT2D eigenvalue weighted by Crippen LogP contribution is -2.43. The van der Waals surface area contributed by atoms with Gasteiger partial charge >= 0.3 is 0 Å². The molecule has 0 bridgehead atoms. The van der Waals surface area contributed by atoms with E-state index < -0.39 is 11.0 Å². The molecule has 2 aliphatic heterocycles. The third-order valence-corrected chi connectivity index (χ3v) is 7.62. The minimum absolute atomic E-state index is 0.0514. The Morgan fingerprint density at radius 2 is 1.86 bits per heavy atom. The molecule has 186 valence electrons. The van der Waals surface area contributed by atoms with Crippen molar-refractivity contribution in [1.29, 1.82) is 0 Å². The number of hydrogen-bond donors (Lipinski definition) is 2. The van der Waals surface area contributed by atoms with Gasteiger partial charge in [0.2, 0.25) is 11.8 Å². The molecule has 0 saturated carbocycles. The van der Waals surface area contributed by atoms with Crippen molar-refractivity contribution in [2.45, 2.75) is 37.6 Å². The van der Waals surface area contributed by atoms with Gasteiger partial charge in [-0.2, -0.15) is 0 Å². The number of hydrogen-bond acceptors (Lipinski definition) is 5. The maximum Gasteiger partial charge on any atom is 0.256 e. The van der Waals surface area contributed by atoms with Crippen LogP contribution in [0.4, 0.5) is 11.5 Å². The van der Waals surface area contributed by atoms with Gasteiger partial charge in [-0.15, -0.1) is 0 Å². The van der Waals surface area contributed by atoms with Gasteiger partial charge in [0, 0.05) is 23.0 Å². The van der Waals surface area contributed by atoms with E-state index in [1.165, 1.54) is 4.90 Å². The third kappa shape index (κ3) is 3.71. The minimum atomic E-state index is -0.996. The first-order valence-corrected chi connectivity index (χ1v) is 12.4. The van der Waals surface area contributed by atoms with Crippen molar-refractivity contribution in [1.82, 2.24) is 9.88 Å². The molecule has 8 nitrogen and oxygen atoms in total. The number of aliphatic imine (C=N–C) groups is 1. The maximum atomic E-state index is 13.1. The van der Waals surface area contributed by atoms with Crippen molar-refractivity contribution in [3.05, 3.63) is 88.1 Å². The predicted molar refractivity (Wildman–Crippen MR) is 141 cm³/mol. The molecule has 2 N–H and O–H groups in total. The largest absolute Gasteiger partial charge is 0.325 e. The Balaban J connectivity index is 1.21. The Kier molecular flexibility index (Phi) is 5.21. The van der Waals surface area contributed by atoms with Gasteiger partial charge in [0.1, 0.15) is 23.7 Å². The first-order valence-electron chi connectivity index (χ1n) is 12.0. The molecule has 1 unspecified atom stereocenters. The quantitative estimate of drug-likeness (QED) is 0.554. The second-order valence-electron chi connectivity index (χ2n) is 10.2. The van der Waals surface area contributed by atoms with E-state index in [2.05, 4.69) is 20.6 Å². The molecule has 0 saturated heterocycles. The van der Waals surface area contributed by atoms with Crippen LogP contribution in [0.2, 0.25) is 5.02 Å². The number of nitrogens with zero attached hydrogens (tertiary/aromatic N) is 3. The number of pyridine rings is 1. The number of anilines is 2. The number of amides is 3. The zero-order valence-corrected chi connectivity index (χ0v) is 21.1. The van der Waals surface area contributed by atoms with Crippen molar-refractivity contribution in [3.63, 3.8) is 0 Å². The normalized spacial score (nSPS) is 21.1. The molecule has 6 rings (SSSR count). The van der Waals surface area contributed by atoms with Gasteiger partial charge < -0.3 is 10.6 Å². The summed E-state index contributed by atoms with van der Waals surface area (Å²) in [5, 5.41) is 6.27. The van der Waals surface area contributed by atoms with Crippen LogP contribution >= 0.6 is 11.6 Å². The molecular weight excluding hydrogens is 490 g/mol. The van der Waals surface area contributed by atoms with Crippen molar-refractivity contribution >= 4 is 46.7 Å². The van der Waals surface area contributed by atoms with Crippen LogP contribution in [0.25, 0.3) is 0 Å². The highest BCUT2D eigenvalue weighted by Crippen LogP contribution is 2.47. The van der Waals surface area contributed by atoms with Gasteiger partial charge in [-0.1, -0.05) is 35.9 Å². The van der Waals surface area contributed by atoms with E-state index in [1.807, 2.05) is 36.4 Å². The van der Waals surface area contributed by atoms with E-state index in [-0.39, 0.29) is 24.3 Å². The number of amidine groups is 1. The Labute approximate surface area is 218 Å². The van der Waals surface area contributed by atoms with Gasteiger partial charge in [-0.05, 0) is 68.1 Å².